The zero-order valence-electron chi connectivity index (χ0n) is 11.2. The lowest BCUT2D eigenvalue weighted by molar-refractivity contribution is -0.136. The Morgan fingerprint density at radius 2 is 2.21 bits per heavy atom. The van der Waals surface area contributed by atoms with E-state index in [2.05, 4.69) is 27.7 Å². The van der Waals surface area contributed by atoms with Crippen LogP contribution < -0.4 is 5.32 Å². The number of piperazine rings is 1. The lowest BCUT2D eigenvalue weighted by Crippen LogP contribution is -2.52. The molecule has 2 aliphatic heterocycles. The third kappa shape index (κ3) is 2.99. The molecule has 104 valence electrons. The van der Waals surface area contributed by atoms with Crippen molar-refractivity contribution in [1.82, 2.24) is 15.1 Å². The van der Waals surface area contributed by atoms with Crippen LogP contribution in [-0.4, -0.2) is 54.5 Å². The normalized spacial score (nSPS) is 24.8. The monoisotopic (exact) mass is 279 g/mol. The van der Waals surface area contributed by atoms with Crippen LogP contribution in [0.25, 0.3) is 0 Å². The van der Waals surface area contributed by atoms with Gasteiger partial charge < -0.3 is 10.2 Å². The molecule has 1 N–H and O–H groups in total. The predicted octanol–water partition coefficient (Wildman–Crippen LogP) is 1.14. The van der Waals surface area contributed by atoms with Crippen molar-refractivity contribution in [3.8, 4) is 0 Å². The van der Waals surface area contributed by atoms with Gasteiger partial charge in [-0.2, -0.15) is 0 Å². The van der Waals surface area contributed by atoms with Crippen LogP contribution in [0.1, 0.15) is 17.7 Å². The molecule has 2 saturated heterocycles. The molecule has 1 amide bonds. The van der Waals surface area contributed by atoms with E-state index in [1.165, 1.54) is 4.88 Å². The summed E-state index contributed by atoms with van der Waals surface area (Å²) < 4.78 is 0. The molecule has 4 nitrogen and oxygen atoms in total. The van der Waals surface area contributed by atoms with Crippen molar-refractivity contribution in [1.29, 1.82) is 0 Å². The summed E-state index contributed by atoms with van der Waals surface area (Å²) in [5.74, 6) is 0.343. The number of hydrogen-bond acceptors (Lipinski definition) is 4. The van der Waals surface area contributed by atoms with Crippen molar-refractivity contribution in [3.05, 3.63) is 22.4 Å². The van der Waals surface area contributed by atoms with Crippen LogP contribution in [0.3, 0.4) is 0 Å². The van der Waals surface area contributed by atoms with Gasteiger partial charge in [0.05, 0.1) is 6.04 Å². The summed E-state index contributed by atoms with van der Waals surface area (Å²) in [5, 5.41) is 5.41. The lowest BCUT2D eigenvalue weighted by atomic mass is 10.1. The quantitative estimate of drug-likeness (QED) is 0.901. The van der Waals surface area contributed by atoms with Gasteiger partial charge in [0, 0.05) is 37.6 Å². The molecular formula is C14H21N3OS. The van der Waals surface area contributed by atoms with Gasteiger partial charge in [0.2, 0.25) is 5.91 Å². The third-order valence-electron chi connectivity index (χ3n) is 4.02. The minimum absolute atomic E-state index is 0.111. The summed E-state index contributed by atoms with van der Waals surface area (Å²) in [6, 6.07) is 4.36. The Morgan fingerprint density at radius 3 is 2.95 bits per heavy atom. The molecule has 1 aromatic rings. The average molecular weight is 279 g/mol. The standard InChI is InChI=1S/C14H21N3OS/c18-14(16-8-5-15-6-9-16)13-4-1-7-17(13)11-12-3-2-10-19-12/h2-3,10,13,15H,1,4-9,11H2. The van der Waals surface area contributed by atoms with Gasteiger partial charge >= 0.3 is 0 Å². The Labute approximate surface area is 118 Å². The first-order valence-corrected chi connectivity index (χ1v) is 7.98. The highest BCUT2D eigenvalue weighted by molar-refractivity contribution is 7.09. The van der Waals surface area contributed by atoms with Crippen LogP contribution in [0.5, 0.6) is 0 Å². The fourth-order valence-electron chi connectivity index (χ4n) is 2.99. The van der Waals surface area contributed by atoms with E-state index in [-0.39, 0.29) is 6.04 Å². The SMILES string of the molecule is O=C(C1CCCN1Cc1cccs1)N1CCNCC1. The zero-order chi connectivity index (χ0) is 13.1. The second kappa shape index (κ2) is 6.03. The van der Waals surface area contributed by atoms with Crippen LogP contribution >= 0.6 is 11.3 Å². The van der Waals surface area contributed by atoms with E-state index in [4.69, 9.17) is 0 Å². The molecule has 1 unspecified atom stereocenters. The predicted molar refractivity (Wildman–Crippen MR) is 77.2 cm³/mol. The van der Waals surface area contributed by atoms with E-state index in [1.807, 2.05) is 4.90 Å². The molecule has 5 heteroatoms. The van der Waals surface area contributed by atoms with Crippen molar-refractivity contribution < 1.29 is 4.79 Å². The Balaban J connectivity index is 1.63. The van der Waals surface area contributed by atoms with Crippen molar-refractivity contribution in [3.63, 3.8) is 0 Å². The molecular weight excluding hydrogens is 258 g/mol. The zero-order valence-corrected chi connectivity index (χ0v) is 12.0. The minimum atomic E-state index is 0.111. The Bertz CT molecular complexity index is 414. The van der Waals surface area contributed by atoms with Crippen LogP contribution in [0.4, 0.5) is 0 Å². The topological polar surface area (TPSA) is 35.6 Å². The number of hydrogen-bond donors (Lipinski definition) is 1. The number of carbonyl (C=O) groups excluding carboxylic acids is 1. The smallest absolute Gasteiger partial charge is 0.240 e. The maximum Gasteiger partial charge on any atom is 0.240 e. The largest absolute Gasteiger partial charge is 0.339 e. The molecule has 1 aromatic heterocycles. The van der Waals surface area contributed by atoms with E-state index in [0.717, 1.165) is 52.1 Å². The summed E-state index contributed by atoms with van der Waals surface area (Å²) in [6.07, 6.45) is 2.17. The van der Waals surface area contributed by atoms with Gasteiger partial charge in [0.1, 0.15) is 0 Å². The van der Waals surface area contributed by atoms with Crippen LogP contribution in [0.15, 0.2) is 17.5 Å². The fourth-order valence-corrected chi connectivity index (χ4v) is 3.72. The summed E-state index contributed by atoms with van der Waals surface area (Å²) in [4.78, 5) is 18.4. The first-order chi connectivity index (χ1) is 9.34. The number of nitrogens with one attached hydrogen (secondary N) is 1. The minimum Gasteiger partial charge on any atom is -0.339 e. The van der Waals surface area contributed by atoms with Crippen molar-refractivity contribution in [2.24, 2.45) is 0 Å². The van der Waals surface area contributed by atoms with Gasteiger partial charge in [-0.15, -0.1) is 11.3 Å². The Morgan fingerprint density at radius 1 is 1.37 bits per heavy atom. The molecule has 0 spiro atoms. The lowest BCUT2D eigenvalue weighted by Gasteiger charge is -2.32. The van der Waals surface area contributed by atoms with Crippen molar-refractivity contribution in [2.75, 3.05) is 32.7 Å². The molecule has 3 heterocycles. The Kier molecular flexibility index (Phi) is 4.15. The summed E-state index contributed by atoms with van der Waals surface area (Å²) in [6.45, 7) is 5.58. The van der Waals surface area contributed by atoms with Gasteiger partial charge in [-0.05, 0) is 30.8 Å². The number of carbonyl (C=O) groups is 1. The summed E-state index contributed by atoms with van der Waals surface area (Å²) >= 11 is 1.78. The highest BCUT2D eigenvalue weighted by atomic mass is 32.1. The molecule has 0 saturated carbocycles. The maximum absolute atomic E-state index is 12.6. The number of thiophene rings is 1. The van der Waals surface area contributed by atoms with Gasteiger partial charge in [0.25, 0.3) is 0 Å². The number of likely N-dealkylation sites (tertiary alicyclic amines) is 1. The third-order valence-corrected chi connectivity index (χ3v) is 4.88. The molecule has 0 aromatic carbocycles. The van der Waals surface area contributed by atoms with Gasteiger partial charge in [-0.1, -0.05) is 6.07 Å². The molecule has 1 atom stereocenters. The number of nitrogens with zero attached hydrogens (tertiary/aromatic N) is 2. The van der Waals surface area contributed by atoms with E-state index < -0.39 is 0 Å². The maximum atomic E-state index is 12.6. The van der Waals surface area contributed by atoms with Crippen LogP contribution in [-0.2, 0) is 11.3 Å². The van der Waals surface area contributed by atoms with Gasteiger partial charge in [-0.3, -0.25) is 9.69 Å². The molecule has 2 aliphatic rings. The highest BCUT2D eigenvalue weighted by Crippen LogP contribution is 2.23. The summed E-state index contributed by atoms with van der Waals surface area (Å²) in [5.41, 5.74) is 0. The fraction of sp³-hybridized carbons (Fsp3) is 0.643. The van der Waals surface area contributed by atoms with Crippen molar-refractivity contribution >= 4 is 17.2 Å². The molecule has 0 radical (unpaired) electrons. The molecule has 2 fully saturated rings. The first kappa shape index (κ1) is 13.1. The molecule has 0 bridgehead atoms. The summed E-state index contributed by atoms with van der Waals surface area (Å²) in [7, 11) is 0. The number of rotatable bonds is 3. The van der Waals surface area contributed by atoms with E-state index >= 15 is 0 Å². The molecule has 19 heavy (non-hydrogen) atoms. The second-order valence-electron chi connectivity index (χ2n) is 5.28. The van der Waals surface area contributed by atoms with E-state index in [0.29, 0.717) is 5.91 Å². The van der Waals surface area contributed by atoms with Gasteiger partial charge in [0.15, 0.2) is 0 Å². The molecule has 3 rings (SSSR count). The van der Waals surface area contributed by atoms with Crippen molar-refractivity contribution in [2.45, 2.75) is 25.4 Å². The van der Waals surface area contributed by atoms with Gasteiger partial charge in [-0.25, -0.2) is 0 Å². The average Bonchev–Trinajstić information content (AvgIpc) is 3.11. The molecule has 0 aliphatic carbocycles. The van der Waals surface area contributed by atoms with Crippen LogP contribution in [0.2, 0.25) is 0 Å². The Hall–Kier alpha value is -0.910. The number of amides is 1. The first-order valence-electron chi connectivity index (χ1n) is 7.10. The van der Waals surface area contributed by atoms with E-state index in [1.54, 1.807) is 11.3 Å². The highest BCUT2D eigenvalue weighted by Gasteiger charge is 2.33. The van der Waals surface area contributed by atoms with E-state index in [9.17, 15) is 4.79 Å². The van der Waals surface area contributed by atoms with Crippen LogP contribution in [0, 0.1) is 0 Å². The second-order valence-corrected chi connectivity index (χ2v) is 6.32.